The number of sulfonamides is 1. The Balaban J connectivity index is 1.85. The summed E-state index contributed by atoms with van der Waals surface area (Å²) in [5.41, 5.74) is 6.06. The number of piperidine rings is 1. The van der Waals surface area contributed by atoms with Crippen LogP contribution in [-0.4, -0.2) is 49.8 Å². The lowest BCUT2D eigenvalue weighted by Gasteiger charge is -2.43. The van der Waals surface area contributed by atoms with E-state index in [4.69, 9.17) is 17.3 Å². The van der Waals surface area contributed by atoms with Crippen LogP contribution in [0.15, 0.2) is 23.1 Å². The standard InChI is InChI=1S/C14H20ClN3O2S/c15-11-4-5-14(13(16)9-11)21(19,20)18-8-7-17-6-2-1-3-12(17)10-18/h4-5,9,12H,1-3,6-8,10,16H2. The second-order valence-electron chi connectivity index (χ2n) is 5.73. The maximum atomic E-state index is 12.8. The van der Waals surface area contributed by atoms with Crippen LogP contribution in [0.25, 0.3) is 0 Å². The van der Waals surface area contributed by atoms with Gasteiger partial charge in [-0.25, -0.2) is 8.42 Å². The zero-order valence-corrected chi connectivity index (χ0v) is 13.4. The predicted octanol–water partition coefficient (Wildman–Crippen LogP) is 1.78. The highest BCUT2D eigenvalue weighted by Gasteiger charge is 2.35. The molecule has 2 fully saturated rings. The first-order chi connectivity index (χ1) is 9.98. The van der Waals surface area contributed by atoms with E-state index in [9.17, 15) is 8.42 Å². The molecule has 2 aliphatic rings. The summed E-state index contributed by atoms with van der Waals surface area (Å²) in [6, 6.07) is 4.91. The molecular formula is C14H20ClN3O2S. The molecule has 21 heavy (non-hydrogen) atoms. The van der Waals surface area contributed by atoms with E-state index < -0.39 is 10.0 Å². The van der Waals surface area contributed by atoms with Gasteiger partial charge in [-0.15, -0.1) is 0 Å². The number of piperazine rings is 1. The molecule has 2 saturated heterocycles. The molecule has 0 spiro atoms. The van der Waals surface area contributed by atoms with E-state index in [-0.39, 0.29) is 10.6 Å². The Kier molecular flexibility index (Phi) is 4.14. The molecule has 2 aliphatic heterocycles. The Bertz CT molecular complexity index is 635. The summed E-state index contributed by atoms with van der Waals surface area (Å²) in [7, 11) is -3.54. The van der Waals surface area contributed by atoms with E-state index in [1.54, 1.807) is 10.4 Å². The van der Waals surface area contributed by atoms with Crippen LogP contribution in [0.4, 0.5) is 5.69 Å². The first-order valence-corrected chi connectivity index (χ1v) is 9.09. The van der Waals surface area contributed by atoms with Gasteiger partial charge in [-0.05, 0) is 37.6 Å². The summed E-state index contributed by atoms with van der Waals surface area (Å²) < 4.78 is 27.1. The van der Waals surface area contributed by atoms with Crippen molar-refractivity contribution in [1.29, 1.82) is 0 Å². The molecule has 0 saturated carbocycles. The fourth-order valence-corrected chi connectivity index (χ4v) is 4.98. The third-order valence-corrected chi connectivity index (χ3v) is 6.56. The van der Waals surface area contributed by atoms with Crippen molar-refractivity contribution < 1.29 is 8.42 Å². The van der Waals surface area contributed by atoms with Crippen LogP contribution >= 0.6 is 11.6 Å². The number of hydrogen-bond acceptors (Lipinski definition) is 4. The molecule has 0 aliphatic carbocycles. The zero-order valence-electron chi connectivity index (χ0n) is 11.8. The van der Waals surface area contributed by atoms with Gasteiger partial charge in [0.1, 0.15) is 4.90 Å². The number of benzene rings is 1. The number of nitrogen functional groups attached to an aromatic ring is 1. The second kappa shape index (κ2) is 5.76. The molecule has 1 aromatic carbocycles. The van der Waals surface area contributed by atoms with E-state index in [0.717, 1.165) is 19.5 Å². The van der Waals surface area contributed by atoms with Crippen molar-refractivity contribution in [2.75, 3.05) is 31.9 Å². The Labute approximate surface area is 130 Å². The average Bonchev–Trinajstić information content (AvgIpc) is 2.46. The van der Waals surface area contributed by atoms with Crippen molar-refractivity contribution in [1.82, 2.24) is 9.21 Å². The first kappa shape index (κ1) is 15.1. The number of hydrogen-bond donors (Lipinski definition) is 1. The van der Waals surface area contributed by atoms with Crippen molar-refractivity contribution in [2.45, 2.75) is 30.2 Å². The van der Waals surface area contributed by atoms with Crippen LogP contribution < -0.4 is 5.73 Å². The molecule has 1 aromatic rings. The molecule has 0 amide bonds. The van der Waals surface area contributed by atoms with E-state index in [1.807, 2.05) is 0 Å². The average molecular weight is 330 g/mol. The maximum Gasteiger partial charge on any atom is 0.245 e. The summed E-state index contributed by atoms with van der Waals surface area (Å²) in [6.45, 7) is 2.98. The van der Waals surface area contributed by atoms with Gasteiger partial charge in [0.15, 0.2) is 0 Å². The molecule has 2 heterocycles. The van der Waals surface area contributed by atoms with Crippen molar-refractivity contribution in [3.63, 3.8) is 0 Å². The Morgan fingerprint density at radius 3 is 2.76 bits per heavy atom. The van der Waals surface area contributed by atoms with Crippen LogP contribution in [0.1, 0.15) is 19.3 Å². The maximum absolute atomic E-state index is 12.8. The second-order valence-corrected chi connectivity index (χ2v) is 8.07. The summed E-state index contributed by atoms with van der Waals surface area (Å²) in [5, 5.41) is 0.448. The van der Waals surface area contributed by atoms with Gasteiger partial charge in [-0.1, -0.05) is 18.0 Å². The molecule has 7 heteroatoms. The molecule has 116 valence electrons. The number of rotatable bonds is 2. The van der Waals surface area contributed by atoms with Crippen LogP contribution in [0.2, 0.25) is 5.02 Å². The van der Waals surface area contributed by atoms with Crippen LogP contribution in [-0.2, 0) is 10.0 Å². The molecule has 0 radical (unpaired) electrons. The SMILES string of the molecule is Nc1cc(Cl)ccc1S(=O)(=O)N1CCN2CCCCC2C1. The minimum Gasteiger partial charge on any atom is -0.398 e. The smallest absolute Gasteiger partial charge is 0.245 e. The number of halogens is 1. The van der Waals surface area contributed by atoms with Crippen LogP contribution in [0.3, 0.4) is 0 Å². The Morgan fingerprint density at radius 2 is 2.00 bits per heavy atom. The van der Waals surface area contributed by atoms with Gasteiger partial charge >= 0.3 is 0 Å². The molecule has 1 atom stereocenters. The van der Waals surface area contributed by atoms with Crippen molar-refractivity contribution in [3.8, 4) is 0 Å². The summed E-state index contributed by atoms with van der Waals surface area (Å²) in [6.07, 6.45) is 3.47. The van der Waals surface area contributed by atoms with E-state index in [0.29, 0.717) is 24.2 Å². The van der Waals surface area contributed by atoms with Crippen LogP contribution in [0.5, 0.6) is 0 Å². The van der Waals surface area contributed by atoms with Gasteiger partial charge in [0.05, 0.1) is 5.69 Å². The van der Waals surface area contributed by atoms with Crippen LogP contribution in [0, 0.1) is 0 Å². The number of anilines is 1. The fraction of sp³-hybridized carbons (Fsp3) is 0.571. The van der Waals surface area contributed by atoms with Gasteiger partial charge in [0, 0.05) is 30.7 Å². The molecule has 3 rings (SSSR count). The predicted molar refractivity (Wildman–Crippen MR) is 83.8 cm³/mol. The monoisotopic (exact) mass is 329 g/mol. The Hall–Kier alpha value is -0.820. The molecular weight excluding hydrogens is 310 g/mol. The lowest BCUT2D eigenvalue weighted by atomic mass is 10.0. The van der Waals surface area contributed by atoms with Crippen molar-refractivity contribution in [2.24, 2.45) is 0 Å². The summed E-state index contributed by atoms with van der Waals surface area (Å²) >= 11 is 5.85. The number of nitrogens with zero attached hydrogens (tertiary/aromatic N) is 2. The molecule has 1 unspecified atom stereocenters. The Morgan fingerprint density at radius 1 is 1.19 bits per heavy atom. The lowest BCUT2D eigenvalue weighted by molar-refractivity contribution is 0.0852. The van der Waals surface area contributed by atoms with Gasteiger partial charge < -0.3 is 5.73 Å². The zero-order chi connectivity index (χ0) is 15.0. The van der Waals surface area contributed by atoms with E-state index in [1.165, 1.54) is 25.0 Å². The quantitative estimate of drug-likeness (QED) is 0.840. The third-order valence-electron chi connectivity index (χ3n) is 4.39. The number of nitrogens with two attached hydrogens (primary N) is 1. The molecule has 5 nitrogen and oxygen atoms in total. The molecule has 2 N–H and O–H groups in total. The summed E-state index contributed by atoms with van der Waals surface area (Å²) in [5.74, 6) is 0. The van der Waals surface area contributed by atoms with Gasteiger partial charge in [0.25, 0.3) is 0 Å². The van der Waals surface area contributed by atoms with E-state index >= 15 is 0 Å². The topological polar surface area (TPSA) is 66.6 Å². The largest absolute Gasteiger partial charge is 0.398 e. The fourth-order valence-electron chi connectivity index (χ4n) is 3.24. The number of fused-ring (bicyclic) bond motifs is 1. The summed E-state index contributed by atoms with van der Waals surface area (Å²) in [4.78, 5) is 2.57. The normalized spacial score (nSPS) is 24.7. The third kappa shape index (κ3) is 2.90. The minimum absolute atomic E-state index is 0.163. The lowest BCUT2D eigenvalue weighted by Crippen LogP contribution is -2.56. The van der Waals surface area contributed by atoms with Gasteiger partial charge in [0.2, 0.25) is 10.0 Å². The van der Waals surface area contributed by atoms with E-state index in [2.05, 4.69) is 4.90 Å². The van der Waals surface area contributed by atoms with Gasteiger partial charge in [-0.2, -0.15) is 4.31 Å². The van der Waals surface area contributed by atoms with Gasteiger partial charge in [-0.3, -0.25) is 4.90 Å². The molecule has 0 aromatic heterocycles. The first-order valence-electron chi connectivity index (χ1n) is 7.28. The van der Waals surface area contributed by atoms with Crippen molar-refractivity contribution in [3.05, 3.63) is 23.2 Å². The highest BCUT2D eigenvalue weighted by Crippen LogP contribution is 2.29. The highest BCUT2D eigenvalue weighted by atomic mass is 35.5. The molecule has 0 bridgehead atoms. The minimum atomic E-state index is -3.54. The van der Waals surface area contributed by atoms with Crippen molar-refractivity contribution >= 4 is 27.3 Å². The highest BCUT2D eigenvalue weighted by molar-refractivity contribution is 7.89.